The van der Waals surface area contributed by atoms with E-state index in [1.54, 1.807) is 18.4 Å². The third-order valence-electron chi connectivity index (χ3n) is 3.87. The van der Waals surface area contributed by atoms with Crippen LogP contribution in [0.15, 0.2) is 18.2 Å². The van der Waals surface area contributed by atoms with Crippen molar-refractivity contribution >= 4 is 11.3 Å². The van der Waals surface area contributed by atoms with Gasteiger partial charge in [-0.15, -0.1) is 11.3 Å². The number of nitrogens with zero attached hydrogens (tertiary/aromatic N) is 2. The Bertz CT molecular complexity index is 605. The molecule has 1 atom stereocenters. The monoisotopic (exact) mass is 303 g/mol. The molecular formula is C16H21N3OS. The molecule has 1 aliphatic rings. The Kier molecular flexibility index (Phi) is 4.63. The summed E-state index contributed by atoms with van der Waals surface area (Å²) in [6, 6.07) is 6.28. The predicted molar refractivity (Wildman–Crippen MR) is 85.6 cm³/mol. The number of hydrogen-bond donors (Lipinski definition) is 1. The van der Waals surface area contributed by atoms with Gasteiger partial charge in [-0.05, 0) is 38.4 Å². The molecule has 1 saturated heterocycles. The van der Waals surface area contributed by atoms with E-state index >= 15 is 0 Å². The van der Waals surface area contributed by atoms with Gasteiger partial charge in [-0.1, -0.05) is 6.07 Å². The van der Waals surface area contributed by atoms with E-state index < -0.39 is 0 Å². The molecule has 0 aromatic carbocycles. The summed E-state index contributed by atoms with van der Waals surface area (Å²) in [7, 11) is 1.72. The number of pyridine rings is 1. The number of nitrogens with one attached hydrogen (secondary N) is 1. The lowest BCUT2D eigenvalue weighted by atomic mass is 9.95. The molecule has 3 heterocycles. The number of rotatable bonds is 4. The minimum Gasteiger partial charge on any atom is -0.379 e. The highest BCUT2D eigenvalue weighted by molar-refractivity contribution is 7.15. The molecule has 0 spiro atoms. The summed E-state index contributed by atoms with van der Waals surface area (Å²) in [4.78, 5) is 10.7. The maximum atomic E-state index is 5.22. The van der Waals surface area contributed by atoms with Crippen LogP contribution in [0.5, 0.6) is 0 Å². The number of aryl methyl sites for hydroxylation is 1. The molecule has 0 saturated carbocycles. The van der Waals surface area contributed by atoms with E-state index in [2.05, 4.69) is 28.5 Å². The maximum Gasteiger partial charge on any atom is 0.142 e. The van der Waals surface area contributed by atoms with Crippen molar-refractivity contribution in [3.63, 3.8) is 0 Å². The van der Waals surface area contributed by atoms with E-state index in [-0.39, 0.29) is 0 Å². The normalized spacial score (nSPS) is 18.9. The second-order valence-corrected chi connectivity index (χ2v) is 6.54. The van der Waals surface area contributed by atoms with Crippen LogP contribution in [0.2, 0.25) is 0 Å². The quantitative estimate of drug-likeness (QED) is 0.942. The summed E-state index contributed by atoms with van der Waals surface area (Å²) in [5.41, 5.74) is 3.21. The second kappa shape index (κ2) is 6.64. The number of piperidine rings is 1. The van der Waals surface area contributed by atoms with Gasteiger partial charge >= 0.3 is 0 Å². The minimum atomic E-state index is 0.526. The molecule has 21 heavy (non-hydrogen) atoms. The molecule has 0 aliphatic carbocycles. The van der Waals surface area contributed by atoms with E-state index in [1.165, 1.54) is 23.4 Å². The number of hydrogen-bond acceptors (Lipinski definition) is 5. The van der Waals surface area contributed by atoms with Gasteiger partial charge in [0.25, 0.3) is 0 Å². The molecule has 5 heteroatoms. The Morgan fingerprint density at radius 2 is 2.29 bits per heavy atom. The van der Waals surface area contributed by atoms with Gasteiger partial charge in [-0.3, -0.25) is 0 Å². The van der Waals surface area contributed by atoms with Crippen LogP contribution in [0, 0.1) is 6.92 Å². The zero-order valence-electron chi connectivity index (χ0n) is 12.6. The lowest BCUT2D eigenvalue weighted by molar-refractivity contribution is 0.187. The fourth-order valence-electron chi connectivity index (χ4n) is 2.70. The van der Waals surface area contributed by atoms with E-state index in [0.717, 1.165) is 29.5 Å². The van der Waals surface area contributed by atoms with Crippen LogP contribution in [0.25, 0.3) is 10.7 Å². The van der Waals surface area contributed by atoms with Gasteiger partial charge in [0.15, 0.2) is 0 Å². The fourth-order valence-corrected chi connectivity index (χ4v) is 3.71. The number of ether oxygens (including phenoxy) is 1. The Morgan fingerprint density at radius 1 is 1.38 bits per heavy atom. The van der Waals surface area contributed by atoms with Gasteiger partial charge in [0.05, 0.1) is 22.9 Å². The second-order valence-electron chi connectivity index (χ2n) is 5.45. The van der Waals surface area contributed by atoms with E-state index in [9.17, 15) is 0 Å². The molecule has 2 aromatic heterocycles. The number of aromatic nitrogens is 2. The predicted octanol–water partition coefficient (Wildman–Crippen LogP) is 3.13. The first-order chi connectivity index (χ1) is 10.3. The van der Waals surface area contributed by atoms with Crippen LogP contribution in [-0.2, 0) is 11.3 Å². The van der Waals surface area contributed by atoms with Crippen LogP contribution in [0.1, 0.15) is 35.0 Å². The smallest absolute Gasteiger partial charge is 0.142 e. The average Bonchev–Trinajstić information content (AvgIpc) is 2.90. The summed E-state index contributed by atoms with van der Waals surface area (Å²) >= 11 is 1.68. The summed E-state index contributed by atoms with van der Waals surface area (Å²) in [6.45, 7) is 4.81. The van der Waals surface area contributed by atoms with Crippen molar-refractivity contribution in [2.24, 2.45) is 0 Å². The Morgan fingerprint density at radius 3 is 3.05 bits per heavy atom. The Hall–Kier alpha value is -1.30. The molecule has 0 radical (unpaired) electrons. The topological polar surface area (TPSA) is 47.0 Å². The first-order valence-electron chi connectivity index (χ1n) is 7.41. The van der Waals surface area contributed by atoms with Gasteiger partial charge in [-0.2, -0.15) is 0 Å². The molecule has 0 amide bonds. The third kappa shape index (κ3) is 3.31. The van der Waals surface area contributed by atoms with Crippen molar-refractivity contribution in [1.82, 2.24) is 15.3 Å². The lowest BCUT2D eigenvalue weighted by Crippen LogP contribution is -2.28. The van der Waals surface area contributed by atoms with E-state index in [0.29, 0.717) is 12.5 Å². The highest BCUT2D eigenvalue weighted by atomic mass is 32.1. The van der Waals surface area contributed by atoms with Crippen molar-refractivity contribution in [3.05, 3.63) is 34.5 Å². The molecular weight excluding hydrogens is 282 g/mol. The number of thiazole rings is 1. The van der Waals surface area contributed by atoms with Gasteiger partial charge in [0.1, 0.15) is 5.01 Å². The molecule has 1 N–H and O–H groups in total. The average molecular weight is 303 g/mol. The molecule has 1 aliphatic heterocycles. The molecule has 4 nitrogen and oxygen atoms in total. The van der Waals surface area contributed by atoms with Gasteiger partial charge < -0.3 is 10.1 Å². The Balaban J connectivity index is 1.86. The summed E-state index contributed by atoms with van der Waals surface area (Å²) < 4.78 is 5.22. The third-order valence-corrected chi connectivity index (χ3v) is 5.03. The molecule has 112 valence electrons. The minimum absolute atomic E-state index is 0.526. The largest absolute Gasteiger partial charge is 0.379 e. The standard InChI is InChI=1S/C16H21N3OS/c1-11-15(10-20-2)21-16(18-11)14-7-3-6-13(19-14)12-5-4-8-17-9-12/h3,6-7,12,17H,4-5,8-10H2,1-2H3. The van der Waals surface area contributed by atoms with Crippen molar-refractivity contribution in [1.29, 1.82) is 0 Å². The first kappa shape index (κ1) is 14.6. The van der Waals surface area contributed by atoms with Crippen molar-refractivity contribution < 1.29 is 4.74 Å². The van der Waals surface area contributed by atoms with Gasteiger partial charge in [-0.25, -0.2) is 9.97 Å². The molecule has 1 unspecified atom stereocenters. The summed E-state index contributed by atoms with van der Waals surface area (Å²) in [5.74, 6) is 0.526. The number of methoxy groups -OCH3 is 1. The van der Waals surface area contributed by atoms with Crippen LogP contribution in [0.4, 0.5) is 0 Å². The molecule has 0 bridgehead atoms. The van der Waals surface area contributed by atoms with Crippen molar-refractivity contribution in [2.75, 3.05) is 20.2 Å². The zero-order chi connectivity index (χ0) is 14.7. The van der Waals surface area contributed by atoms with E-state index in [1.807, 2.05) is 6.92 Å². The van der Waals surface area contributed by atoms with Crippen LogP contribution < -0.4 is 5.32 Å². The lowest BCUT2D eigenvalue weighted by Gasteiger charge is -2.22. The van der Waals surface area contributed by atoms with Crippen molar-refractivity contribution in [3.8, 4) is 10.7 Å². The molecule has 1 fully saturated rings. The molecule has 2 aromatic rings. The summed E-state index contributed by atoms with van der Waals surface area (Å²) in [5, 5.41) is 4.44. The highest BCUT2D eigenvalue weighted by Gasteiger charge is 2.18. The zero-order valence-corrected chi connectivity index (χ0v) is 13.4. The van der Waals surface area contributed by atoms with E-state index in [4.69, 9.17) is 9.72 Å². The fraction of sp³-hybridized carbons (Fsp3) is 0.500. The van der Waals surface area contributed by atoms with Crippen LogP contribution in [-0.4, -0.2) is 30.2 Å². The van der Waals surface area contributed by atoms with Crippen LogP contribution in [0.3, 0.4) is 0 Å². The van der Waals surface area contributed by atoms with Crippen molar-refractivity contribution in [2.45, 2.75) is 32.3 Å². The van der Waals surface area contributed by atoms with Gasteiger partial charge in [0.2, 0.25) is 0 Å². The SMILES string of the molecule is COCc1sc(-c2cccc(C3CCCNC3)n2)nc1C. The Labute approximate surface area is 129 Å². The maximum absolute atomic E-state index is 5.22. The first-order valence-corrected chi connectivity index (χ1v) is 8.23. The van der Waals surface area contributed by atoms with Crippen LogP contribution >= 0.6 is 11.3 Å². The summed E-state index contributed by atoms with van der Waals surface area (Å²) in [6.07, 6.45) is 2.44. The molecule has 3 rings (SSSR count). The highest BCUT2D eigenvalue weighted by Crippen LogP contribution is 2.29. The van der Waals surface area contributed by atoms with Gasteiger partial charge in [0, 0.05) is 25.3 Å².